The predicted octanol–water partition coefficient (Wildman–Crippen LogP) is 2.12. The average Bonchev–Trinajstić information content (AvgIpc) is 2.17. The Hall–Kier alpha value is -2.08. The van der Waals surface area contributed by atoms with Crippen LogP contribution in [-0.2, 0) is 0 Å². The summed E-state index contributed by atoms with van der Waals surface area (Å²) in [6.45, 7) is 1.85. The Morgan fingerprint density at radius 2 is 2.00 bits per heavy atom. The number of hydrogen-bond acceptors (Lipinski definition) is 3. The lowest BCUT2D eigenvalue weighted by atomic mass is 10.1. The number of nitriles is 1. The lowest BCUT2D eigenvalue weighted by molar-refractivity contribution is 0.474. The van der Waals surface area contributed by atoms with E-state index in [4.69, 9.17) is 5.26 Å². The molecule has 68 valence electrons. The molecule has 0 aliphatic carbocycles. The third-order valence-electron chi connectivity index (χ3n) is 2.09. The summed E-state index contributed by atoms with van der Waals surface area (Å²) in [6.07, 6.45) is 0. The molecule has 1 N–H and O–H groups in total. The van der Waals surface area contributed by atoms with E-state index >= 15 is 0 Å². The van der Waals surface area contributed by atoms with Crippen LogP contribution in [-0.4, -0.2) is 10.1 Å². The van der Waals surface area contributed by atoms with Crippen LogP contribution in [0.15, 0.2) is 24.3 Å². The summed E-state index contributed by atoms with van der Waals surface area (Å²) in [6, 6.07) is 8.98. The highest BCUT2D eigenvalue weighted by Crippen LogP contribution is 2.24. The summed E-state index contributed by atoms with van der Waals surface area (Å²) >= 11 is 0. The lowest BCUT2D eigenvalue weighted by Gasteiger charge is -2.02. The van der Waals surface area contributed by atoms with Crippen molar-refractivity contribution in [2.45, 2.75) is 6.92 Å². The molecule has 1 aromatic heterocycles. The maximum Gasteiger partial charge on any atom is 0.135 e. The highest BCUT2D eigenvalue weighted by atomic mass is 16.3. The minimum Gasteiger partial charge on any atom is -0.506 e. The Kier molecular flexibility index (Phi) is 1.83. The number of aryl methyl sites for hydroxylation is 1. The maximum absolute atomic E-state index is 9.44. The van der Waals surface area contributed by atoms with Gasteiger partial charge in [0, 0.05) is 11.1 Å². The summed E-state index contributed by atoms with van der Waals surface area (Å²) in [5.74, 6) is -0.0156. The quantitative estimate of drug-likeness (QED) is 0.682. The Labute approximate surface area is 81.2 Å². The van der Waals surface area contributed by atoms with E-state index in [9.17, 15) is 5.11 Å². The normalized spacial score (nSPS) is 10.0. The fourth-order valence-corrected chi connectivity index (χ4v) is 1.39. The van der Waals surface area contributed by atoms with Crippen LogP contribution in [0.4, 0.5) is 0 Å². The molecule has 0 aliphatic rings. The Morgan fingerprint density at radius 3 is 2.71 bits per heavy atom. The fourth-order valence-electron chi connectivity index (χ4n) is 1.39. The number of aromatic hydroxyl groups is 1. The first-order valence-corrected chi connectivity index (χ1v) is 4.22. The van der Waals surface area contributed by atoms with Gasteiger partial charge in [0.25, 0.3) is 0 Å². The van der Waals surface area contributed by atoms with Crippen LogP contribution in [0.5, 0.6) is 5.75 Å². The second-order valence-corrected chi connectivity index (χ2v) is 3.10. The smallest absolute Gasteiger partial charge is 0.135 e. The van der Waals surface area contributed by atoms with Crippen LogP contribution in [0.2, 0.25) is 0 Å². The van der Waals surface area contributed by atoms with Crippen molar-refractivity contribution < 1.29 is 5.11 Å². The zero-order chi connectivity index (χ0) is 10.1. The molecule has 0 amide bonds. The van der Waals surface area contributed by atoms with E-state index in [0.29, 0.717) is 5.52 Å². The van der Waals surface area contributed by atoms with E-state index in [1.807, 2.05) is 25.1 Å². The van der Waals surface area contributed by atoms with Gasteiger partial charge in [0.05, 0.1) is 5.52 Å². The summed E-state index contributed by atoms with van der Waals surface area (Å²) in [7, 11) is 0. The van der Waals surface area contributed by atoms with Crippen molar-refractivity contribution in [3.8, 4) is 11.8 Å². The van der Waals surface area contributed by atoms with Gasteiger partial charge >= 0.3 is 0 Å². The number of nitrogens with zero attached hydrogens (tertiary/aromatic N) is 2. The van der Waals surface area contributed by atoms with E-state index < -0.39 is 0 Å². The molecule has 0 fully saturated rings. The van der Waals surface area contributed by atoms with Crippen LogP contribution >= 0.6 is 0 Å². The monoisotopic (exact) mass is 184 g/mol. The van der Waals surface area contributed by atoms with Crippen LogP contribution in [0, 0.1) is 18.3 Å². The number of rotatable bonds is 0. The molecule has 2 aromatic rings. The minimum absolute atomic E-state index is 0.0156. The number of phenols is 1. The molecule has 3 heteroatoms. The molecule has 0 unspecified atom stereocenters. The molecular formula is C11H8N2O. The first-order valence-electron chi connectivity index (χ1n) is 4.22. The van der Waals surface area contributed by atoms with Gasteiger partial charge < -0.3 is 5.11 Å². The Bertz CT molecular complexity index is 535. The van der Waals surface area contributed by atoms with Gasteiger partial charge in [-0.3, -0.25) is 4.98 Å². The molecule has 0 radical (unpaired) electrons. The summed E-state index contributed by atoms with van der Waals surface area (Å²) in [5.41, 5.74) is 1.64. The zero-order valence-electron chi connectivity index (χ0n) is 7.65. The maximum atomic E-state index is 9.44. The molecule has 2 rings (SSSR count). The average molecular weight is 184 g/mol. The van der Waals surface area contributed by atoms with Crippen molar-refractivity contribution in [1.82, 2.24) is 4.98 Å². The van der Waals surface area contributed by atoms with Crippen LogP contribution in [0.3, 0.4) is 0 Å². The van der Waals surface area contributed by atoms with E-state index in [1.54, 1.807) is 6.07 Å². The molecule has 14 heavy (non-hydrogen) atoms. The van der Waals surface area contributed by atoms with Crippen molar-refractivity contribution in [2.24, 2.45) is 0 Å². The lowest BCUT2D eigenvalue weighted by Crippen LogP contribution is -1.87. The molecule has 0 saturated heterocycles. The Balaban J connectivity index is 2.93. The highest BCUT2D eigenvalue weighted by Gasteiger charge is 2.06. The minimum atomic E-state index is -0.0156. The topological polar surface area (TPSA) is 56.9 Å². The van der Waals surface area contributed by atoms with E-state index in [0.717, 1.165) is 11.1 Å². The van der Waals surface area contributed by atoms with Gasteiger partial charge in [-0.15, -0.1) is 0 Å². The van der Waals surface area contributed by atoms with Gasteiger partial charge in [-0.1, -0.05) is 6.07 Å². The summed E-state index contributed by atoms with van der Waals surface area (Å²) in [4.78, 5) is 4.22. The SMILES string of the molecule is Cc1ccc2ccc(O)c(C#N)c2n1. The predicted molar refractivity (Wildman–Crippen MR) is 52.9 cm³/mol. The molecule has 3 nitrogen and oxygen atoms in total. The number of aromatic nitrogens is 1. The van der Waals surface area contributed by atoms with E-state index in [1.165, 1.54) is 6.07 Å². The first-order chi connectivity index (χ1) is 6.72. The van der Waals surface area contributed by atoms with Gasteiger partial charge in [-0.25, -0.2) is 0 Å². The van der Waals surface area contributed by atoms with Crippen LogP contribution < -0.4 is 0 Å². The molecule has 1 aromatic carbocycles. The molecule has 0 atom stereocenters. The third kappa shape index (κ3) is 1.17. The van der Waals surface area contributed by atoms with Gasteiger partial charge in [-0.05, 0) is 25.1 Å². The number of benzene rings is 1. The first kappa shape index (κ1) is 8.52. The molecule has 0 saturated carbocycles. The molecule has 0 spiro atoms. The van der Waals surface area contributed by atoms with Crippen molar-refractivity contribution in [2.75, 3.05) is 0 Å². The largest absolute Gasteiger partial charge is 0.506 e. The van der Waals surface area contributed by atoms with Gasteiger partial charge in [0.15, 0.2) is 0 Å². The number of pyridine rings is 1. The summed E-state index contributed by atoms with van der Waals surface area (Å²) in [5, 5.41) is 19.2. The second kappa shape index (κ2) is 3.00. The van der Waals surface area contributed by atoms with Crippen molar-refractivity contribution >= 4 is 10.9 Å². The molecule has 1 heterocycles. The van der Waals surface area contributed by atoms with Crippen LogP contribution in [0.25, 0.3) is 10.9 Å². The number of hydrogen-bond donors (Lipinski definition) is 1. The van der Waals surface area contributed by atoms with E-state index in [-0.39, 0.29) is 11.3 Å². The number of fused-ring (bicyclic) bond motifs is 1. The highest BCUT2D eigenvalue weighted by molar-refractivity contribution is 5.86. The van der Waals surface area contributed by atoms with Crippen LogP contribution in [0.1, 0.15) is 11.3 Å². The van der Waals surface area contributed by atoms with Crippen molar-refractivity contribution in [3.63, 3.8) is 0 Å². The molecule has 0 aliphatic heterocycles. The fraction of sp³-hybridized carbons (Fsp3) is 0.0909. The second-order valence-electron chi connectivity index (χ2n) is 3.10. The van der Waals surface area contributed by atoms with Gasteiger partial charge in [0.1, 0.15) is 17.4 Å². The van der Waals surface area contributed by atoms with Crippen molar-refractivity contribution in [3.05, 3.63) is 35.5 Å². The van der Waals surface area contributed by atoms with Crippen molar-refractivity contribution in [1.29, 1.82) is 5.26 Å². The standard InChI is InChI=1S/C11H8N2O/c1-7-2-3-8-4-5-10(14)9(6-12)11(8)13-7/h2-5,14H,1H3. The molecule has 0 bridgehead atoms. The Morgan fingerprint density at radius 1 is 1.29 bits per heavy atom. The third-order valence-corrected chi connectivity index (χ3v) is 2.09. The zero-order valence-corrected chi connectivity index (χ0v) is 7.65. The van der Waals surface area contributed by atoms with Gasteiger partial charge in [-0.2, -0.15) is 5.26 Å². The van der Waals surface area contributed by atoms with E-state index in [2.05, 4.69) is 4.98 Å². The summed E-state index contributed by atoms with van der Waals surface area (Å²) < 4.78 is 0. The van der Waals surface area contributed by atoms with Gasteiger partial charge in [0.2, 0.25) is 0 Å². The number of phenolic OH excluding ortho intramolecular Hbond substituents is 1. The molecular weight excluding hydrogens is 176 g/mol.